The number of rotatable bonds is 5. The molecule has 0 radical (unpaired) electrons. The lowest BCUT2D eigenvalue weighted by Gasteiger charge is -2.02. The summed E-state index contributed by atoms with van der Waals surface area (Å²) in [7, 11) is 2.02. The number of carbonyl (C=O) groups is 1. The Bertz CT molecular complexity index is 328. The molecular formula is C11H22N3O2S+. The molecule has 0 aliphatic heterocycles. The molecule has 1 aromatic heterocycles. The van der Waals surface area contributed by atoms with Crippen LogP contribution in [-0.2, 0) is 18.4 Å². The Hall–Kier alpha value is -1.01. The highest BCUT2D eigenvalue weighted by atomic mass is 32.2. The summed E-state index contributed by atoms with van der Waals surface area (Å²) in [5, 5.41) is 8.27. The van der Waals surface area contributed by atoms with Crippen molar-refractivity contribution in [2.45, 2.75) is 25.9 Å². The minimum Gasteiger partial charge on any atom is -0.480 e. The van der Waals surface area contributed by atoms with E-state index in [-0.39, 0.29) is 0 Å². The quantitative estimate of drug-likeness (QED) is 0.756. The van der Waals surface area contributed by atoms with Crippen molar-refractivity contribution in [2.24, 2.45) is 12.8 Å². The van der Waals surface area contributed by atoms with Crippen molar-refractivity contribution in [3.8, 4) is 0 Å². The van der Waals surface area contributed by atoms with Gasteiger partial charge in [0.25, 0.3) is 0 Å². The number of aryl methyl sites for hydroxylation is 2. The molecule has 0 amide bonds. The van der Waals surface area contributed by atoms with E-state index in [0.717, 1.165) is 12.3 Å². The van der Waals surface area contributed by atoms with E-state index in [4.69, 9.17) is 10.8 Å². The van der Waals surface area contributed by atoms with Gasteiger partial charge in [0.15, 0.2) is 0 Å². The first-order valence-electron chi connectivity index (χ1n) is 5.49. The molecule has 1 atom stereocenters. The van der Waals surface area contributed by atoms with Crippen LogP contribution < -0.4 is 10.3 Å². The summed E-state index contributed by atoms with van der Waals surface area (Å²) in [6.45, 7) is 3.18. The summed E-state index contributed by atoms with van der Waals surface area (Å²) >= 11 is 1.60. The highest BCUT2D eigenvalue weighted by molar-refractivity contribution is 7.98. The van der Waals surface area contributed by atoms with Gasteiger partial charge in [-0.15, -0.1) is 0 Å². The molecule has 3 N–H and O–H groups in total. The molecular weight excluding hydrogens is 238 g/mol. The second-order valence-electron chi connectivity index (χ2n) is 3.64. The molecule has 0 bridgehead atoms. The number of thioether (sulfide) groups is 1. The van der Waals surface area contributed by atoms with Crippen LogP contribution in [0, 0.1) is 0 Å². The largest absolute Gasteiger partial charge is 0.480 e. The number of nitrogens with two attached hydrogens (primary N) is 1. The van der Waals surface area contributed by atoms with Gasteiger partial charge in [-0.05, 0) is 25.4 Å². The first-order chi connectivity index (χ1) is 8.01. The smallest absolute Gasteiger partial charge is 0.320 e. The second kappa shape index (κ2) is 9.07. The van der Waals surface area contributed by atoms with E-state index in [9.17, 15) is 4.79 Å². The zero-order valence-electron chi connectivity index (χ0n) is 10.7. The molecule has 0 saturated carbocycles. The summed E-state index contributed by atoms with van der Waals surface area (Å²) in [4.78, 5) is 10.1. The Balaban J connectivity index is 0.000000302. The Labute approximate surface area is 107 Å². The van der Waals surface area contributed by atoms with Gasteiger partial charge in [-0.2, -0.15) is 11.8 Å². The maximum atomic E-state index is 10.1. The molecule has 1 aromatic rings. The SMILES string of the molecule is CC[n+]1ccn(C)c1.CSCC[C@H](N)C(=O)O. The fourth-order valence-electron chi connectivity index (χ4n) is 1.06. The van der Waals surface area contributed by atoms with Gasteiger partial charge in [-0.1, -0.05) is 0 Å². The summed E-state index contributed by atoms with van der Waals surface area (Å²) in [6, 6.07) is -0.683. The fourth-order valence-corrected chi connectivity index (χ4v) is 1.55. The van der Waals surface area contributed by atoms with Gasteiger partial charge < -0.3 is 10.8 Å². The van der Waals surface area contributed by atoms with Crippen molar-refractivity contribution in [2.75, 3.05) is 12.0 Å². The number of carboxylic acids is 1. The first kappa shape index (κ1) is 16.0. The van der Waals surface area contributed by atoms with Crippen molar-refractivity contribution in [1.82, 2.24) is 4.57 Å². The molecule has 0 saturated heterocycles. The van der Waals surface area contributed by atoms with Crippen LogP contribution in [0.5, 0.6) is 0 Å². The third-order valence-corrected chi connectivity index (χ3v) is 2.78. The predicted molar refractivity (Wildman–Crippen MR) is 69.9 cm³/mol. The van der Waals surface area contributed by atoms with Crippen molar-refractivity contribution in [1.29, 1.82) is 0 Å². The maximum Gasteiger partial charge on any atom is 0.320 e. The third-order valence-electron chi connectivity index (χ3n) is 2.14. The minimum absolute atomic E-state index is 0.552. The lowest BCUT2D eigenvalue weighted by molar-refractivity contribution is -0.693. The van der Waals surface area contributed by atoms with E-state index in [0.29, 0.717) is 6.42 Å². The molecule has 0 aromatic carbocycles. The second-order valence-corrected chi connectivity index (χ2v) is 4.62. The van der Waals surface area contributed by atoms with Crippen molar-refractivity contribution in [3.63, 3.8) is 0 Å². The fraction of sp³-hybridized carbons (Fsp3) is 0.636. The Morgan fingerprint density at radius 2 is 2.29 bits per heavy atom. The number of aromatic nitrogens is 2. The Kier molecular flexibility index (Phi) is 8.53. The summed E-state index contributed by atoms with van der Waals surface area (Å²) in [5.41, 5.74) is 5.19. The van der Waals surface area contributed by atoms with Gasteiger partial charge in [0.05, 0.1) is 13.6 Å². The first-order valence-corrected chi connectivity index (χ1v) is 6.89. The van der Waals surface area contributed by atoms with Crippen LogP contribution in [0.15, 0.2) is 18.7 Å². The molecule has 6 heteroatoms. The van der Waals surface area contributed by atoms with Gasteiger partial charge in [-0.3, -0.25) is 4.79 Å². The number of nitrogens with zero attached hydrogens (tertiary/aromatic N) is 2. The highest BCUT2D eigenvalue weighted by Gasteiger charge is 2.08. The molecule has 0 fully saturated rings. The number of imidazole rings is 1. The minimum atomic E-state index is -0.913. The summed E-state index contributed by atoms with van der Waals surface area (Å²) in [5.74, 6) is -0.1000. The number of hydrogen-bond donors (Lipinski definition) is 2. The molecule has 0 aliphatic rings. The summed E-state index contributed by atoms with van der Waals surface area (Å²) < 4.78 is 4.16. The normalized spacial score (nSPS) is 11.5. The van der Waals surface area contributed by atoms with E-state index in [2.05, 4.69) is 24.0 Å². The predicted octanol–water partition coefficient (Wildman–Crippen LogP) is 0.484. The van der Waals surface area contributed by atoms with E-state index in [1.807, 2.05) is 24.1 Å². The van der Waals surface area contributed by atoms with Crippen LogP contribution in [0.2, 0.25) is 0 Å². The van der Waals surface area contributed by atoms with Gasteiger partial charge in [0.1, 0.15) is 18.4 Å². The molecule has 1 heterocycles. The lowest BCUT2D eigenvalue weighted by atomic mass is 10.2. The van der Waals surface area contributed by atoms with Crippen molar-refractivity contribution >= 4 is 17.7 Å². The van der Waals surface area contributed by atoms with Crippen molar-refractivity contribution in [3.05, 3.63) is 18.7 Å². The molecule has 98 valence electrons. The number of carboxylic acid groups (broad SMARTS) is 1. The summed E-state index contributed by atoms with van der Waals surface area (Å²) in [6.07, 6.45) is 8.62. The van der Waals surface area contributed by atoms with E-state index >= 15 is 0 Å². The molecule has 1 rings (SSSR count). The zero-order chi connectivity index (χ0) is 13.3. The van der Waals surface area contributed by atoms with Crippen LogP contribution in [0.3, 0.4) is 0 Å². The Morgan fingerprint density at radius 1 is 1.65 bits per heavy atom. The van der Waals surface area contributed by atoms with Gasteiger partial charge in [0.2, 0.25) is 6.33 Å². The van der Waals surface area contributed by atoms with E-state index in [1.54, 1.807) is 11.8 Å². The monoisotopic (exact) mass is 260 g/mol. The van der Waals surface area contributed by atoms with Crippen LogP contribution in [0.25, 0.3) is 0 Å². The number of hydrogen-bond acceptors (Lipinski definition) is 3. The molecule has 0 spiro atoms. The zero-order valence-corrected chi connectivity index (χ0v) is 11.5. The van der Waals surface area contributed by atoms with Gasteiger partial charge >= 0.3 is 5.97 Å². The topological polar surface area (TPSA) is 72.1 Å². The average Bonchev–Trinajstić information content (AvgIpc) is 2.72. The molecule has 17 heavy (non-hydrogen) atoms. The van der Waals surface area contributed by atoms with Crippen LogP contribution in [0.4, 0.5) is 0 Å². The van der Waals surface area contributed by atoms with Gasteiger partial charge in [-0.25, -0.2) is 9.13 Å². The lowest BCUT2D eigenvalue weighted by Crippen LogP contribution is -2.30. The van der Waals surface area contributed by atoms with Crippen LogP contribution >= 0.6 is 11.8 Å². The van der Waals surface area contributed by atoms with E-state index < -0.39 is 12.0 Å². The van der Waals surface area contributed by atoms with Crippen molar-refractivity contribution < 1.29 is 14.5 Å². The maximum absolute atomic E-state index is 10.1. The number of aliphatic carboxylic acids is 1. The highest BCUT2D eigenvalue weighted by Crippen LogP contribution is 1.97. The molecule has 0 aliphatic carbocycles. The van der Waals surface area contributed by atoms with Crippen LogP contribution in [-0.4, -0.2) is 33.7 Å². The third kappa shape index (κ3) is 7.82. The molecule has 0 unspecified atom stereocenters. The van der Waals surface area contributed by atoms with Gasteiger partial charge in [0, 0.05) is 0 Å². The van der Waals surface area contributed by atoms with E-state index in [1.165, 1.54) is 0 Å². The van der Waals surface area contributed by atoms with Crippen LogP contribution in [0.1, 0.15) is 13.3 Å². The Morgan fingerprint density at radius 3 is 2.59 bits per heavy atom. The molecule has 5 nitrogen and oxygen atoms in total. The average molecular weight is 260 g/mol. The standard InChI is InChI=1S/C6H11N2.C5H11NO2S/c1-3-8-5-4-7(2)6-8;1-9-3-2-4(6)5(7)8/h4-6H,3H2,1-2H3;4H,2-3,6H2,1H3,(H,7,8)/q+1;/t;4-/m.0/s1.